The molecule has 112 valence electrons. The maximum absolute atomic E-state index is 5.42. The van der Waals surface area contributed by atoms with Crippen molar-refractivity contribution < 1.29 is 4.74 Å². The van der Waals surface area contributed by atoms with Gasteiger partial charge in [-0.3, -0.25) is 0 Å². The van der Waals surface area contributed by atoms with Crippen LogP contribution in [0.5, 0.6) is 5.75 Å². The lowest BCUT2D eigenvalue weighted by atomic mass is 10.2. The van der Waals surface area contributed by atoms with Crippen LogP contribution in [0.15, 0.2) is 23.3 Å². The molecule has 0 spiro atoms. The Balaban J connectivity index is 2.14. The van der Waals surface area contributed by atoms with Gasteiger partial charge in [0.05, 0.1) is 13.3 Å². The van der Waals surface area contributed by atoms with Gasteiger partial charge < -0.3 is 9.64 Å². The van der Waals surface area contributed by atoms with Gasteiger partial charge in [-0.25, -0.2) is 5.43 Å². The van der Waals surface area contributed by atoms with E-state index >= 15 is 0 Å². The largest absolute Gasteiger partial charge is 0.496 e. The van der Waals surface area contributed by atoms with Crippen LogP contribution < -0.4 is 15.1 Å². The van der Waals surface area contributed by atoms with E-state index in [1.165, 1.54) is 0 Å². The summed E-state index contributed by atoms with van der Waals surface area (Å²) in [6.45, 7) is 6.15. The third-order valence-electron chi connectivity index (χ3n) is 3.06. The highest BCUT2D eigenvalue weighted by molar-refractivity contribution is 5.85. The van der Waals surface area contributed by atoms with Crippen molar-refractivity contribution in [3.8, 4) is 5.75 Å². The van der Waals surface area contributed by atoms with Gasteiger partial charge in [0.1, 0.15) is 5.75 Å². The molecule has 0 aliphatic heterocycles. The number of ether oxygens (including phenoxy) is 1. The molecule has 0 amide bonds. The van der Waals surface area contributed by atoms with Crippen LogP contribution >= 0.6 is 0 Å². The monoisotopic (exact) mass is 289 g/mol. The summed E-state index contributed by atoms with van der Waals surface area (Å²) in [6, 6.07) is 6.02. The molecular weight excluding hydrogens is 270 g/mol. The van der Waals surface area contributed by atoms with Crippen LogP contribution in [0.25, 0.3) is 0 Å². The Morgan fingerprint density at radius 1 is 1.38 bits per heavy atom. The zero-order valence-electron chi connectivity index (χ0n) is 12.4. The zero-order valence-corrected chi connectivity index (χ0v) is 12.4. The van der Waals surface area contributed by atoms with Crippen LogP contribution in [0.1, 0.15) is 19.4 Å². The molecule has 0 aliphatic carbocycles. The van der Waals surface area contributed by atoms with Gasteiger partial charge in [0.25, 0.3) is 5.95 Å². The molecule has 0 bridgehead atoms. The van der Waals surface area contributed by atoms with E-state index in [-0.39, 0.29) is 0 Å². The van der Waals surface area contributed by atoms with Crippen molar-refractivity contribution in [1.82, 2.24) is 20.6 Å². The van der Waals surface area contributed by atoms with E-state index in [1.54, 1.807) is 13.3 Å². The van der Waals surface area contributed by atoms with E-state index in [0.29, 0.717) is 5.95 Å². The second-order valence-electron chi connectivity index (χ2n) is 4.20. The number of methoxy groups -OCH3 is 1. The van der Waals surface area contributed by atoms with Gasteiger partial charge in [-0.15, -0.1) is 5.10 Å². The van der Waals surface area contributed by atoms with Gasteiger partial charge in [0.15, 0.2) is 0 Å². The minimum atomic E-state index is 0.310. The van der Waals surface area contributed by atoms with Crippen molar-refractivity contribution >= 4 is 17.9 Å². The molecule has 1 heterocycles. The fourth-order valence-corrected chi connectivity index (χ4v) is 1.96. The van der Waals surface area contributed by atoms with Gasteiger partial charge in [-0.05, 0) is 31.2 Å². The molecule has 0 fully saturated rings. The first-order chi connectivity index (χ1) is 10.3. The summed E-state index contributed by atoms with van der Waals surface area (Å²) < 4.78 is 5.42. The number of nitrogens with zero attached hydrogens (tertiary/aromatic N) is 5. The number of rotatable bonds is 7. The lowest BCUT2D eigenvalue weighted by Crippen LogP contribution is -2.21. The van der Waals surface area contributed by atoms with Crippen LogP contribution in [-0.4, -0.2) is 47.0 Å². The molecule has 21 heavy (non-hydrogen) atoms. The highest BCUT2D eigenvalue weighted by Gasteiger charge is 2.06. The summed E-state index contributed by atoms with van der Waals surface area (Å²) >= 11 is 0. The quantitative estimate of drug-likeness (QED) is 0.593. The van der Waals surface area contributed by atoms with Crippen LogP contribution in [0.3, 0.4) is 0 Å². The Kier molecular flexibility index (Phi) is 5.08. The fourth-order valence-electron chi connectivity index (χ4n) is 1.96. The summed E-state index contributed by atoms with van der Waals surface area (Å²) in [4.78, 5) is 2.25. The van der Waals surface area contributed by atoms with E-state index in [9.17, 15) is 0 Å². The Hall–Kier alpha value is -2.64. The molecule has 0 unspecified atom stereocenters. The molecule has 2 rings (SSSR count). The van der Waals surface area contributed by atoms with Gasteiger partial charge in [0.2, 0.25) is 0 Å². The lowest BCUT2D eigenvalue weighted by molar-refractivity contribution is 0.414. The minimum Gasteiger partial charge on any atom is -0.496 e. The first kappa shape index (κ1) is 14.8. The van der Waals surface area contributed by atoms with Crippen LogP contribution in [-0.2, 0) is 0 Å². The molecular formula is C13H19N7O. The maximum atomic E-state index is 5.42. The van der Waals surface area contributed by atoms with Crippen molar-refractivity contribution in [2.75, 3.05) is 30.5 Å². The second-order valence-corrected chi connectivity index (χ2v) is 4.20. The van der Waals surface area contributed by atoms with E-state index in [0.717, 1.165) is 30.1 Å². The fraction of sp³-hybridized carbons (Fsp3) is 0.385. The Morgan fingerprint density at radius 2 is 2.19 bits per heavy atom. The number of hydrazone groups is 1. The molecule has 0 aliphatic rings. The number of hydrogen-bond acceptors (Lipinski definition) is 7. The van der Waals surface area contributed by atoms with Crippen molar-refractivity contribution in [3.63, 3.8) is 0 Å². The van der Waals surface area contributed by atoms with Crippen molar-refractivity contribution in [2.24, 2.45) is 5.10 Å². The van der Waals surface area contributed by atoms with Gasteiger partial charge in [-0.1, -0.05) is 5.10 Å². The molecule has 2 aromatic rings. The van der Waals surface area contributed by atoms with Crippen LogP contribution in [0, 0.1) is 0 Å². The van der Waals surface area contributed by atoms with E-state index in [4.69, 9.17) is 4.74 Å². The summed E-state index contributed by atoms with van der Waals surface area (Å²) in [6.07, 6.45) is 1.65. The minimum absolute atomic E-state index is 0.310. The lowest BCUT2D eigenvalue weighted by Gasteiger charge is -2.21. The van der Waals surface area contributed by atoms with E-state index in [1.807, 2.05) is 18.2 Å². The predicted octanol–water partition coefficient (Wildman–Crippen LogP) is 1.50. The predicted molar refractivity (Wildman–Crippen MR) is 81.9 cm³/mol. The smallest absolute Gasteiger partial charge is 0.283 e. The molecule has 1 aromatic heterocycles. The summed E-state index contributed by atoms with van der Waals surface area (Å²) in [5.41, 5.74) is 4.66. The van der Waals surface area contributed by atoms with Crippen molar-refractivity contribution in [1.29, 1.82) is 0 Å². The third kappa shape index (κ3) is 3.68. The van der Waals surface area contributed by atoms with Crippen molar-refractivity contribution in [2.45, 2.75) is 13.8 Å². The highest BCUT2D eigenvalue weighted by Crippen LogP contribution is 2.24. The van der Waals surface area contributed by atoms with Gasteiger partial charge in [0, 0.05) is 30.4 Å². The Bertz CT molecular complexity index is 578. The maximum Gasteiger partial charge on any atom is 0.283 e. The van der Waals surface area contributed by atoms with Crippen LogP contribution in [0.2, 0.25) is 0 Å². The average Bonchev–Trinajstić information content (AvgIpc) is 3.03. The summed E-state index contributed by atoms with van der Waals surface area (Å²) in [7, 11) is 1.64. The van der Waals surface area contributed by atoms with Crippen LogP contribution in [0.4, 0.5) is 11.6 Å². The normalized spacial score (nSPS) is 10.8. The number of anilines is 2. The molecule has 0 saturated heterocycles. The number of aromatic amines is 1. The average molecular weight is 289 g/mol. The van der Waals surface area contributed by atoms with E-state index in [2.05, 4.69) is 49.9 Å². The van der Waals surface area contributed by atoms with Gasteiger partial charge in [-0.2, -0.15) is 10.3 Å². The number of hydrogen-bond donors (Lipinski definition) is 2. The standard InChI is InChI=1S/C13H19N7O/c1-4-20(5-2)11-7-6-10(12(8-11)21-3)9-14-15-13-16-18-19-17-13/h6-9H,4-5H2,1-3H3,(H2,15,16,17,18,19)/b14-9-. The molecule has 0 atom stereocenters. The number of tetrazole rings is 1. The first-order valence-corrected chi connectivity index (χ1v) is 6.74. The Labute approximate surface area is 123 Å². The number of H-pyrrole nitrogens is 1. The highest BCUT2D eigenvalue weighted by atomic mass is 16.5. The summed E-state index contributed by atoms with van der Waals surface area (Å²) in [5, 5.41) is 17.3. The van der Waals surface area contributed by atoms with E-state index < -0.39 is 0 Å². The summed E-state index contributed by atoms with van der Waals surface area (Å²) in [5.74, 6) is 1.07. The molecule has 8 nitrogen and oxygen atoms in total. The molecule has 2 N–H and O–H groups in total. The topological polar surface area (TPSA) is 91.3 Å². The second kappa shape index (κ2) is 7.22. The number of nitrogens with one attached hydrogen (secondary N) is 2. The first-order valence-electron chi connectivity index (χ1n) is 6.74. The third-order valence-corrected chi connectivity index (χ3v) is 3.06. The van der Waals surface area contributed by atoms with Gasteiger partial charge >= 0.3 is 0 Å². The zero-order chi connectivity index (χ0) is 15.1. The molecule has 0 saturated carbocycles. The number of benzene rings is 1. The Morgan fingerprint density at radius 3 is 2.81 bits per heavy atom. The van der Waals surface area contributed by atoms with Crippen molar-refractivity contribution in [3.05, 3.63) is 23.8 Å². The molecule has 8 heteroatoms. The molecule has 0 radical (unpaired) electrons. The molecule has 1 aromatic carbocycles. The number of aromatic nitrogens is 4. The SMILES string of the molecule is CCN(CC)c1ccc(/C=N\Nc2nn[nH]n2)c(OC)c1.